The predicted octanol–water partition coefficient (Wildman–Crippen LogP) is 4.54. The van der Waals surface area contributed by atoms with Gasteiger partial charge >= 0.3 is 0 Å². The Morgan fingerprint density at radius 2 is 1.84 bits per heavy atom. The van der Waals surface area contributed by atoms with Crippen LogP contribution >= 0.6 is 0 Å². The largest absolute Gasteiger partial charge is 0.355 e. The van der Waals surface area contributed by atoms with Gasteiger partial charge in [0.05, 0.1) is 5.69 Å². The normalized spacial score (nSPS) is 18.3. The first-order chi connectivity index (χ1) is 9.16. The Kier molecular flexibility index (Phi) is 5.29. The van der Waals surface area contributed by atoms with Crippen molar-refractivity contribution in [2.45, 2.75) is 71.8 Å². The number of nitrogens with one attached hydrogen (secondary N) is 1. The third-order valence-electron chi connectivity index (χ3n) is 3.99. The van der Waals surface area contributed by atoms with Crippen LogP contribution in [0.4, 0.5) is 5.95 Å². The van der Waals surface area contributed by atoms with Crippen molar-refractivity contribution in [2.75, 3.05) is 11.9 Å². The average Bonchev–Trinajstić information content (AvgIpc) is 2.67. The zero-order valence-corrected chi connectivity index (χ0v) is 12.8. The summed E-state index contributed by atoms with van der Waals surface area (Å²) in [6.07, 6.45) is 11.8. The lowest BCUT2D eigenvalue weighted by Gasteiger charge is -2.23. The fourth-order valence-electron chi connectivity index (χ4n) is 2.93. The highest BCUT2D eigenvalue weighted by molar-refractivity contribution is 5.29. The topological polar surface area (TPSA) is 29.9 Å². The van der Waals surface area contributed by atoms with Crippen LogP contribution in [0.15, 0.2) is 6.20 Å². The summed E-state index contributed by atoms with van der Waals surface area (Å²) in [7, 11) is 0. The molecule has 0 amide bonds. The van der Waals surface area contributed by atoms with Gasteiger partial charge in [-0.3, -0.25) is 0 Å². The Balaban J connectivity index is 2.07. The number of nitrogens with zero attached hydrogens (tertiary/aromatic N) is 2. The lowest BCUT2D eigenvalue weighted by atomic mass is 9.96. The molecule has 0 aliphatic heterocycles. The lowest BCUT2D eigenvalue weighted by molar-refractivity contribution is 0.374. The maximum atomic E-state index is 4.66. The fraction of sp³-hybridized carbons (Fsp3) is 0.812. The van der Waals surface area contributed by atoms with Crippen LogP contribution in [0.1, 0.15) is 70.5 Å². The van der Waals surface area contributed by atoms with Gasteiger partial charge in [0.2, 0.25) is 5.95 Å². The second-order valence-electron chi connectivity index (χ2n) is 6.39. The Morgan fingerprint density at radius 1 is 1.21 bits per heavy atom. The van der Waals surface area contributed by atoms with E-state index >= 15 is 0 Å². The number of aromatic nitrogens is 2. The van der Waals surface area contributed by atoms with Crippen molar-refractivity contribution in [3.63, 3.8) is 0 Å². The summed E-state index contributed by atoms with van der Waals surface area (Å²) in [6.45, 7) is 7.58. The summed E-state index contributed by atoms with van der Waals surface area (Å²) in [4.78, 5) is 4.66. The van der Waals surface area contributed by atoms with Crippen molar-refractivity contribution in [1.29, 1.82) is 0 Å². The maximum absolute atomic E-state index is 4.66. The van der Waals surface area contributed by atoms with Gasteiger partial charge in [-0.25, -0.2) is 4.98 Å². The highest BCUT2D eigenvalue weighted by Crippen LogP contribution is 2.29. The number of hydrogen-bond acceptors (Lipinski definition) is 2. The molecule has 1 aliphatic carbocycles. The van der Waals surface area contributed by atoms with Crippen LogP contribution in [0.5, 0.6) is 0 Å². The molecule has 2 rings (SSSR count). The van der Waals surface area contributed by atoms with Gasteiger partial charge in [-0.15, -0.1) is 0 Å². The summed E-state index contributed by atoms with van der Waals surface area (Å²) >= 11 is 0. The Hall–Kier alpha value is -0.990. The zero-order valence-electron chi connectivity index (χ0n) is 12.8. The summed E-state index contributed by atoms with van der Waals surface area (Å²) < 4.78 is 2.41. The minimum atomic E-state index is 0.649. The molecule has 108 valence electrons. The van der Waals surface area contributed by atoms with E-state index in [4.69, 9.17) is 0 Å². The summed E-state index contributed by atoms with van der Waals surface area (Å²) in [5.74, 6) is 1.74. The van der Waals surface area contributed by atoms with Crippen LogP contribution in [-0.4, -0.2) is 16.1 Å². The molecule has 0 atom stereocenters. The van der Waals surface area contributed by atoms with E-state index in [2.05, 4.69) is 41.8 Å². The van der Waals surface area contributed by atoms with E-state index < -0.39 is 0 Å². The van der Waals surface area contributed by atoms with Gasteiger partial charge in [0.1, 0.15) is 0 Å². The van der Waals surface area contributed by atoms with Gasteiger partial charge in [-0.1, -0.05) is 46.0 Å². The SMILES string of the molecule is Cc1cn(C2CCCCCCC2)c(NCC(C)C)n1. The van der Waals surface area contributed by atoms with E-state index in [1.165, 1.54) is 44.9 Å². The minimum Gasteiger partial charge on any atom is -0.355 e. The Bertz CT molecular complexity index is 373. The average molecular weight is 263 g/mol. The fourth-order valence-corrected chi connectivity index (χ4v) is 2.93. The summed E-state index contributed by atoms with van der Waals surface area (Å²) in [5.41, 5.74) is 1.13. The molecule has 0 radical (unpaired) electrons. The van der Waals surface area contributed by atoms with Crippen LogP contribution in [0.3, 0.4) is 0 Å². The Morgan fingerprint density at radius 3 is 2.47 bits per heavy atom. The molecule has 1 fully saturated rings. The number of hydrogen-bond donors (Lipinski definition) is 1. The van der Waals surface area contributed by atoms with Gasteiger partial charge < -0.3 is 9.88 Å². The molecule has 19 heavy (non-hydrogen) atoms. The van der Waals surface area contributed by atoms with Crippen molar-refractivity contribution in [1.82, 2.24) is 9.55 Å². The number of rotatable bonds is 4. The van der Waals surface area contributed by atoms with E-state index in [-0.39, 0.29) is 0 Å². The third-order valence-corrected chi connectivity index (χ3v) is 3.99. The van der Waals surface area contributed by atoms with Gasteiger partial charge in [-0.05, 0) is 25.7 Å². The molecular formula is C16H29N3. The first kappa shape index (κ1) is 14.4. The van der Waals surface area contributed by atoms with Crippen molar-refractivity contribution >= 4 is 5.95 Å². The van der Waals surface area contributed by atoms with Gasteiger partial charge in [0.25, 0.3) is 0 Å². The van der Waals surface area contributed by atoms with E-state index in [0.29, 0.717) is 12.0 Å². The molecule has 3 nitrogen and oxygen atoms in total. The minimum absolute atomic E-state index is 0.649. The maximum Gasteiger partial charge on any atom is 0.203 e. The van der Waals surface area contributed by atoms with Crippen LogP contribution in [0.25, 0.3) is 0 Å². The second-order valence-corrected chi connectivity index (χ2v) is 6.39. The molecule has 1 saturated carbocycles. The van der Waals surface area contributed by atoms with E-state index in [0.717, 1.165) is 18.2 Å². The summed E-state index contributed by atoms with van der Waals surface area (Å²) in [6, 6.07) is 0.649. The van der Waals surface area contributed by atoms with Crippen molar-refractivity contribution in [3.8, 4) is 0 Å². The summed E-state index contributed by atoms with van der Waals surface area (Å²) in [5, 5.41) is 3.52. The monoisotopic (exact) mass is 263 g/mol. The number of aryl methyl sites for hydroxylation is 1. The highest BCUT2D eigenvalue weighted by atomic mass is 15.2. The van der Waals surface area contributed by atoms with Crippen molar-refractivity contribution < 1.29 is 0 Å². The molecule has 0 spiro atoms. The molecule has 3 heteroatoms. The molecule has 1 aromatic rings. The van der Waals surface area contributed by atoms with E-state index in [1.807, 2.05) is 0 Å². The molecule has 1 heterocycles. The quantitative estimate of drug-likeness (QED) is 0.864. The molecule has 1 aliphatic rings. The molecule has 0 bridgehead atoms. The van der Waals surface area contributed by atoms with Crippen LogP contribution in [0.2, 0.25) is 0 Å². The lowest BCUT2D eigenvalue weighted by Crippen LogP contribution is -2.16. The number of anilines is 1. The molecule has 0 unspecified atom stereocenters. The Labute approximate surface area is 117 Å². The number of imidazole rings is 1. The van der Waals surface area contributed by atoms with E-state index in [9.17, 15) is 0 Å². The standard InChI is InChI=1S/C16H29N3/c1-13(2)11-17-16-18-14(3)12-19(16)15-9-7-5-4-6-8-10-15/h12-13,15H,4-11H2,1-3H3,(H,17,18). The first-order valence-corrected chi connectivity index (χ1v) is 7.96. The first-order valence-electron chi connectivity index (χ1n) is 7.96. The predicted molar refractivity (Wildman–Crippen MR) is 81.6 cm³/mol. The van der Waals surface area contributed by atoms with Crippen LogP contribution < -0.4 is 5.32 Å². The molecular weight excluding hydrogens is 234 g/mol. The van der Waals surface area contributed by atoms with Gasteiger partial charge in [0, 0.05) is 18.8 Å². The second kappa shape index (κ2) is 6.97. The van der Waals surface area contributed by atoms with Crippen LogP contribution in [0, 0.1) is 12.8 Å². The molecule has 0 aromatic carbocycles. The zero-order chi connectivity index (χ0) is 13.7. The van der Waals surface area contributed by atoms with Crippen molar-refractivity contribution in [3.05, 3.63) is 11.9 Å². The van der Waals surface area contributed by atoms with Gasteiger partial charge in [0.15, 0.2) is 0 Å². The smallest absolute Gasteiger partial charge is 0.203 e. The van der Waals surface area contributed by atoms with Crippen LogP contribution in [-0.2, 0) is 0 Å². The van der Waals surface area contributed by atoms with E-state index in [1.54, 1.807) is 0 Å². The van der Waals surface area contributed by atoms with Crippen molar-refractivity contribution in [2.24, 2.45) is 5.92 Å². The molecule has 1 aromatic heterocycles. The van der Waals surface area contributed by atoms with Gasteiger partial charge in [-0.2, -0.15) is 0 Å². The molecule has 0 saturated heterocycles. The highest BCUT2D eigenvalue weighted by Gasteiger charge is 2.17. The third kappa shape index (κ3) is 4.26. The molecule has 1 N–H and O–H groups in total.